The summed E-state index contributed by atoms with van der Waals surface area (Å²) in [5, 5.41) is 0. The standard InChI is InChI=1S/C20H25N3O4S/c1-14(2)20-21-8-5-17(22-20)15-6-9-23(10-7-15)28(24,25)16-3-4-18-19(13-16)27-12-11-26-18/h3-5,8,13-15H,6-7,9-12H2,1-2H3. The van der Waals surface area contributed by atoms with Crippen molar-refractivity contribution in [2.24, 2.45) is 0 Å². The summed E-state index contributed by atoms with van der Waals surface area (Å²) >= 11 is 0. The minimum absolute atomic E-state index is 0.249. The van der Waals surface area contributed by atoms with E-state index in [1.54, 1.807) is 28.7 Å². The van der Waals surface area contributed by atoms with E-state index in [-0.39, 0.29) is 16.7 Å². The molecule has 2 aromatic rings. The molecular formula is C20H25N3O4S. The lowest BCUT2D eigenvalue weighted by Crippen LogP contribution is -2.38. The second-order valence-corrected chi connectivity index (χ2v) is 9.42. The van der Waals surface area contributed by atoms with E-state index in [0.717, 1.165) is 24.4 Å². The third-order valence-corrected chi connectivity index (χ3v) is 7.13. The summed E-state index contributed by atoms with van der Waals surface area (Å²) in [6.45, 7) is 6.00. The van der Waals surface area contributed by atoms with Crippen LogP contribution in [-0.2, 0) is 10.0 Å². The number of fused-ring (bicyclic) bond motifs is 1. The van der Waals surface area contributed by atoms with E-state index in [0.29, 0.717) is 37.8 Å². The number of aromatic nitrogens is 2. The van der Waals surface area contributed by atoms with E-state index in [2.05, 4.69) is 23.8 Å². The summed E-state index contributed by atoms with van der Waals surface area (Å²) in [6, 6.07) is 6.77. The number of hydrogen-bond donors (Lipinski definition) is 0. The molecule has 0 aliphatic carbocycles. The van der Waals surface area contributed by atoms with Crippen LogP contribution in [0.4, 0.5) is 0 Å². The number of sulfonamides is 1. The van der Waals surface area contributed by atoms with E-state index < -0.39 is 10.0 Å². The molecule has 7 nitrogen and oxygen atoms in total. The Morgan fingerprint density at radius 3 is 2.50 bits per heavy atom. The van der Waals surface area contributed by atoms with Crippen LogP contribution in [0.2, 0.25) is 0 Å². The molecule has 3 heterocycles. The van der Waals surface area contributed by atoms with Crippen LogP contribution in [0.5, 0.6) is 11.5 Å². The molecule has 1 aromatic carbocycles. The normalized spacial score (nSPS) is 18.4. The van der Waals surface area contributed by atoms with Gasteiger partial charge in [0.05, 0.1) is 4.90 Å². The maximum absolute atomic E-state index is 13.1. The molecule has 1 saturated heterocycles. The maximum atomic E-state index is 13.1. The van der Waals surface area contributed by atoms with Gasteiger partial charge in [0.1, 0.15) is 19.0 Å². The Balaban J connectivity index is 1.48. The maximum Gasteiger partial charge on any atom is 0.243 e. The third kappa shape index (κ3) is 3.71. The average Bonchev–Trinajstić information content (AvgIpc) is 2.73. The number of benzene rings is 1. The molecule has 0 saturated carbocycles. The van der Waals surface area contributed by atoms with Gasteiger partial charge in [-0.15, -0.1) is 0 Å². The molecule has 0 spiro atoms. The minimum atomic E-state index is -3.56. The monoisotopic (exact) mass is 403 g/mol. The molecule has 2 aliphatic heterocycles. The fraction of sp³-hybridized carbons (Fsp3) is 0.500. The van der Waals surface area contributed by atoms with Gasteiger partial charge in [0.2, 0.25) is 10.0 Å². The molecule has 4 rings (SSSR count). The summed E-state index contributed by atoms with van der Waals surface area (Å²) in [6.07, 6.45) is 3.30. The lowest BCUT2D eigenvalue weighted by molar-refractivity contribution is 0.171. The van der Waals surface area contributed by atoms with Gasteiger partial charge in [-0.3, -0.25) is 0 Å². The summed E-state index contributed by atoms with van der Waals surface area (Å²) in [7, 11) is -3.56. The highest BCUT2D eigenvalue weighted by Gasteiger charge is 2.31. The first kappa shape index (κ1) is 19.1. The molecule has 1 fully saturated rings. The zero-order valence-corrected chi connectivity index (χ0v) is 17.0. The van der Waals surface area contributed by atoms with Crippen molar-refractivity contribution in [3.05, 3.63) is 42.0 Å². The zero-order valence-electron chi connectivity index (χ0n) is 16.2. The van der Waals surface area contributed by atoms with Crippen molar-refractivity contribution >= 4 is 10.0 Å². The molecule has 28 heavy (non-hydrogen) atoms. The molecule has 0 radical (unpaired) electrons. The lowest BCUT2D eigenvalue weighted by atomic mass is 9.94. The first-order chi connectivity index (χ1) is 13.4. The Bertz CT molecular complexity index is 954. The summed E-state index contributed by atoms with van der Waals surface area (Å²) in [4.78, 5) is 9.25. The number of rotatable bonds is 4. The fourth-order valence-electron chi connectivity index (χ4n) is 3.62. The molecule has 8 heteroatoms. The van der Waals surface area contributed by atoms with E-state index in [9.17, 15) is 8.42 Å². The second-order valence-electron chi connectivity index (χ2n) is 7.48. The quantitative estimate of drug-likeness (QED) is 0.781. The molecule has 0 unspecified atom stereocenters. The molecule has 1 aromatic heterocycles. The molecule has 2 aliphatic rings. The number of hydrogen-bond acceptors (Lipinski definition) is 6. The van der Waals surface area contributed by atoms with Crippen molar-refractivity contribution in [2.75, 3.05) is 26.3 Å². The van der Waals surface area contributed by atoms with Crippen molar-refractivity contribution in [1.29, 1.82) is 0 Å². The number of ether oxygens (including phenoxy) is 2. The number of nitrogens with zero attached hydrogens (tertiary/aromatic N) is 3. The van der Waals surface area contributed by atoms with Crippen molar-refractivity contribution in [3.63, 3.8) is 0 Å². The topological polar surface area (TPSA) is 81.6 Å². The summed E-state index contributed by atoms with van der Waals surface area (Å²) in [5.41, 5.74) is 1.01. The highest BCUT2D eigenvalue weighted by Crippen LogP contribution is 2.35. The average molecular weight is 404 g/mol. The minimum Gasteiger partial charge on any atom is -0.486 e. The Labute approximate surface area is 165 Å². The Morgan fingerprint density at radius 2 is 1.79 bits per heavy atom. The van der Waals surface area contributed by atoms with Crippen molar-refractivity contribution in [3.8, 4) is 11.5 Å². The van der Waals surface area contributed by atoms with Gasteiger partial charge >= 0.3 is 0 Å². The Morgan fingerprint density at radius 1 is 1.07 bits per heavy atom. The van der Waals surface area contributed by atoms with Gasteiger partial charge in [0.25, 0.3) is 0 Å². The van der Waals surface area contributed by atoms with Crippen LogP contribution in [0.15, 0.2) is 35.4 Å². The van der Waals surface area contributed by atoms with Crippen LogP contribution in [0.1, 0.15) is 50.0 Å². The van der Waals surface area contributed by atoms with Gasteiger partial charge in [-0.25, -0.2) is 18.4 Å². The lowest BCUT2D eigenvalue weighted by Gasteiger charge is -2.31. The molecule has 0 amide bonds. The second kappa shape index (κ2) is 7.67. The predicted molar refractivity (Wildman–Crippen MR) is 104 cm³/mol. The van der Waals surface area contributed by atoms with Crippen LogP contribution < -0.4 is 9.47 Å². The Hall–Kier alpha value is -2.19. The summed E-state index contributed by atoms with van der Waals surface area (Å²) in [5.74, 6) is 2.45. The van der Waals surface area contributed by atoms with Gasteiger partial charge < -0.3 is 9.47 Å². The highest BCUT2D eigenvalue weighted by molar-refractivity contribution is 7.89. The van der Waals surface area contributed by atoms with Gasteiger partial charge in [0, 0.05) is 42.9 Å². The Kier molecular flexibility index (Phi) is 5.25. The first-order valence-electron chi connectivity index (χ1n) is 9.68. The van der Waals surface area contributed by atoms with Crippen molar-refractivity contribution in [1.82, 2.24) is 14.3 Å². The van der Waals surface area contributed by atoms with Crippen LogP contribution in [0.3, 0.4) is 0 Å². The van der Waals surface area contributed by atoms with Crippen LogP contribution in [0.25, 0.3) is 0 Å². The smallest absolute Gasteiger partial charge is 0.243 e. The van der Waals surface area contributed by atoms with Gasteiger partial charge in [0.15, 0.2) is 11.5 Å². The largest absolute Gasteiger partial charge is 0.486 e. The van der Waals surface area contributed by atoms with Gasteiger partial charge in [-0.05, 0) is 31.0 Å². The van der Waals surface area contributed by atoms with E-state index >= 15 is 0 Å². The van der Waals surface area contributed by atoms with E-state index in [4.69, 9.17) is 9.47 Å². The van der Waals surface area contributed by atoms with Crippen molar-refractivity contribution < 1.29 is 17.9 Å². The SMILES string of the molecule is CC(C)c1nccc(C2CCN(S(=O)(=O)c3ccc4c(c3)OCCO4)CC2)n1. The van der Waals surface area contributed by atoms with Crippen LogP contribution in [0, 0.1) is 0 Å². The molecule has 0 N–H and O–H groups in total. The summed E-state index contributed by atoms with van der Waals surface area (Å²) < 4.78 is 38.7. The van der Waals surface area contributed by atoms with E-state index in [1.807, 2.05) is 6.07 Å². The highest BCUT2D eigenvalue weighted by atomic mass is 32.2. The predicted octanol–water partition coefficient (Wildman–Crippen LogP) is 2.94. The number of piperidine rings is 1. The van der Waals surface area contributed by atoms with Crippen LogP contribution >= 0.6 is 0 Å². The molecule has 150 valence electrons. The first-order valence-corrected chi connectivity index (χ1v) is 11.1. The third-order valence-electron chi connectivity index (χ3n) is 5.24. The van der Waals surface area contributed by atoms with Crippen LogP contribution in [-0.4, -0.2) is 49.0 Å². The van der Waals surface area contributed by atoms with E-state index in [1.165, 1.54) is 0 Å². The fourth-order valence-corrected chi connectivity index (χ4v) is 5.10. The molecular weight excluding hydrogens is 378 g/mol. The molecule has 0 bridgehead atoms. The van der Waals surface area contributed by atoms with Gasteiger partial charge in [-0.1, -0.05) is 13.8 Å². The van der Waals surface area contributed by atoms with Gasteiger partial charge in [-0.2, -0.15) is 4.31 Å². The molecule has 0 atom stereocenters. The zero-order chi connectivity index (χ0) is 19.7. The van der Waals surface area contributed by atoms with Crippen molar-refractivity contribution in [2.45, 2.75) is 43.4 Å².